The van der Waals surface area contributed by atoms with Crippen LogP contribution in [0, 0.1) is 0 Å². The van der Waals surface area contributed by atoms with Crippen LogP contribution in [0.5, 0.6) is 0 Å². The van der Waals surface area contributed by atoms with Gasteiger partial charge in [-0.1, -0.05) is 23.2 Å². The van der Waals surface area contributed by atoms with Gasteiger partial charge in [0.1, 0.15) is 6.10 Å². The highest BCUT2D eigenvalue weighted by atomic mass is 35.5. The molecule has 0 aliphatic heterocycles. The van der Waals surface area contributed by atoms with E-state index in [2.05, 4.69) is 5.10 Å². The van der Waals surface area contributed by atoms with Gasteiger partial charge < -0.3 is 5.11 Å². The number of halogens is 2. The summed E-state index contributed by atoms with van der Waals surface area (Å²) in [7, 11) is 1.76. The van der Waals surface area contributed by atoms with E-state index in [-0.39, 0.29) is 0 Å². The minimum absolute atomic E-state index is 0.488. The number of hydrogen-bond donors (Lipinski definition) is 1. The first-order valence-electron chi connectivity index (χ1n) is 5.31. The Kier molecular flexibility index (Phi) is 4.56. The fourth-order valence-corrected chi connectivity index (χ4v) is 2.83. The smallest absolute Gasteiger partial charge is 0.106 e. The van der Waals surface area contributed by atoms with E-state index in [0.717, 1.165) is 4.90 Å². The van der Waals surface area contributed by atoms with Crippen molar-refractivity contribution in [3.8, 4) is 0 Å². The molecule has 1 atom stereocenters. The van der Waals surface area contributed by atoms with Gasteiger partial charge in [0.15, 0.2) is 0 Å². The normalized spacial score (nSPS) is 12.7. The van der Waals surface area contributed by atoms with Crippen molar-refractivity contribution < 1.29 is 5.11 Å². The molecule has 0 aliphatic rings. The van der Waals surface area contributed by atoms with Crippen molar-refractivity contribution in [3.63, 3.8) is 0 Å². The SMILES string of the molecule is Cn1ncc(Cl)c1C(O)CSc1ccc(Cl)cc1. The van der Waals surface area contributed by atoms with Crippen LogP contribution in [-0.2, 0) is 7.05 Å². The quantitative estimate of drug-likeness (QED) is 0.878. The molecular formula is C12H12Cl2N2OS. The zero-order chi connectivity index (χ0) is 13.1. The monoisotopic (exact) mass is 302 g/mol. The van der Waals surface area contributed by atoms with E-state index in [1.807, 2.05) is 24.3 Å². The van der Waals surface area contributed by atoms with E-state index in [9.17, 15) is 5.11 Å². The number of aryl methyl sites for hydroxylation is 1. The zero-order valence-electron chi connectivity index (χ0n) is 9.68. The minimum Gasteiger partial charge on any atom is -0.386 e. The first-order valence-corrected chi connectivity index (χ1v) is 7.06. The number of aliphatic hydroxyl groups excluding tert-OH is 1. The van der Waals surface area contributed by atoms with Gasteiger partial charge in [0.05, 0.1) is 16.9 Å². The van der Waals surface area contributed by atoms with Crippen LogP contribution >= 0.6 is 35.0 Å². The molecule has 1 aromatic heterocycles. The maximum absolute atomic E-state index is 10.1. The largest absolute Gasteiger partial charge is 0.386 e. The number of aliphatic hydroxyl groups is 1. The molecule has 1 N–H and O–H groups in total. The standard InChI is InChI=1S/C12H12Cl2N2OS/c1-16-12(10(14)6-15-16)11(17)7-18-9-4-2-8(13)3-5-9/h2-6,11,17H,7H2,1H3. The fraction of sp³-hybridized carbons (Fsp3) is 0.250. The number of nitrogens with zero attached hydrogens (tertiary/aromatic N) is 2. The van der Waals surface area contributed by atoms with Crippen LogP contribution in [0.2, 0.25) is 10.0 Å². The number of rotatable bonds is 4. The fourth-order valence-electron chi connectivity index (χ4n) is 1.58. The molecule has 96 valence electrons. The second-order valence-corrected chi connectivity index (χ2v) is 5.72. The molecule has 0 aliphatic carbocycles. The van der Waals surface area contributed by atoms with Crippen LogP contribution in [0.3, 0.4) is 0 Å². The Balaban J connectivity index is 2.00. The first-order chi connectivity index (χ1) is 8.58. The summed E-state index contributed by atoms with van der Waals surface area (Å²) in [6, 6.07) is 7.50. The van der Waals surface area contributed by atoms with Crippen molar-refractivity contribution in [3.05, 3.63) is 46.2 Å². The van der Waals surface area contributed by atoms with Gasteiger partial charge in [0.2, 0.25) is 0 Å². The average Bonchev–Trinajstić information content (AvgIpc) is 2.68. The topological polar surface area (TPSA) is 38.0 Å². The molecule has 0 bridgehead atoms. The molecule has 0 radical (unpaired) electrons. The summed E-state index contributed by atoms with van der Waals surface area (Å²) < 4.78 is 1.59. The third-order valence-corrected chi connectivity index (χ3v) is 4.11. The molecule has 2 rings (SSSR count). The second kappa shape index (κ2) is 5.97. The molecule has 3 nitrogen and oxygen atoms in total. The highest BCUT2D eigenvalue weighted by Gasteiger charge is 2.16. The maximum Gasteiger partial charge on any atom is 0.106 e. The lowest BCUT2D eigenvalue weighted by atomic mass is 10.3. The van der Waals surface area contributed by atoms with Gasteiger partial charge in [0, 0.05) is 22.7 Å². The van der Waals surface area contributed by atoms with Crippen molar-refractivity contribution in [1.29, 1.82) is 0 Å². The number of hydrogen-bond acceptors (Lipinski definition) is 3. The summed E-state index contributed by atoms with van der Waals surface area (Å²) in [5.41, 5.74) is 0.637. The summed E-state index contributed by atoms with van der Waals surface area (Å²) in [5, 5.41) is 15.3. The average molecular weight is 303 g/mol. The van der Waals surface area contributed by atoms with Crippen LogP contribution in [0.1, 0.15) is 11.8 Å². The Morgan fingerprint density at radius 3 is 2.56 bits per heavy atom. The van der Waals surface area contributed by atoms with Gasteiger partial charge in [-0.2, -0.15) is 5.10 Å². The Bertz CT molecular complexity index is 508. The Morgan fingerprint density at radius 2 is 2.00 bits per heavy atom. The van der Waals surface area contributed by atoms with Crippen molar-refractivity contribution >= 4 is 35.0 Å². The Labute approximate surface area is 120 Å². The highest BCUT2D eigenvalue weighted by Crippen LogP contribution is 2.28. The number of aromatic nitrogens is 2. The van der Waals surface area contributed by atoms with E-state index in [1.165, 1.54) is 6.20 Å². The van der Waals surface area contributed by atoms with E-state index >= 15 is 0 Å². The predicted octanol–water partition coefficient (Wildman–Crippen LogP) is 3.55. The van der Waals surface area contributed by atoms with Gasteiger partial charge in [-0.15, -0.1) is 11.8 Å². The van der Waals surface area contributed by atoms with Crippen molar-refractivity contribution in [1.82, 2.24) is 9.78 Å². The molecule has 1 unspecified atom stereocenters. The number of thioether (sulfide) groups is 1. The molecule has 1 heterocycles. The number of benzene rings is 1. The summed E-state index contributed by atoms with van der Waals surface area (Å²) >= 11 is 13.3. The molecule has 0 fully saturated rings. The molecule has 1 aromatic carbocycles. The Hall–Kier alpha value is -0.680. The van der Waals surface area contributed by atoms with Crippen LogP contribution in [0.25, 0.3) is 0 Å². The molecule has 2 aromatic rings. The van der Waals surface area contributed by atoms with Gasteiger partial charge in [-0.25, -0.2) is 0 Å². The van der Waals surface area contributed by atoms with Crippen molar-refractivity contribution in [2.75, 3.05) is 5.75 Å². The van der Waals surface area contributed by atoms with Crippen LogP contribution in [0.4, 0.5) is 0 Å². The molecule has 0 spiro atoms. The molecule has 0 saturated heterocycles. The van der Waals surface area contributed by atoms with Crippen LogP contribution in [0.15, 0.2) is 35.4 Å². The lowest BCUT2D eigenvalue weighted by Gasteiger charge is -2.11. The highest BCUT2D eigenvalue weighted by molar-refractivity contribution is 7.99. The lowest BCUT2D eigenvalue weighted by molar-refractivity contribution is 0.194. The van der Waals surface area contributed by atoms with Gasteiger partial charge >= 0.3 is 0 Å². The van der Waals surface area contributed by atoms with Crippen molar-refractivity contribution in [2.45, 2.75) is 11.0 Å². The third kappa shape index (κ3) is 3.20. The summed E-state index contributed by atoms with van der Waals surface area (Å²) in [6.45, 7) is 0. The van der Waals surface area contributed by atoms with E-state index in [1.54, 1.807) is 23.5 Å². The van der Waals surface area contributed by atoms with Gasteiger partial charge in [-0.05, 0) is 24.3 Å². The van der Waals surface area contributed by atoms with Crippen LogP contribution < -0.4 is 0 Å². The molecule has 6 heteroatoms. The first kappa shape index (κ1) is 13.7. The minimum atomic E-state index is -0.648. The van der Waals surface area contributed by atoms with Gasteiger partial charge in [0.25, 0.3) is 0 Å². The summed E-state index contributed by atoms with van der Waals surface area (Å²) in [5.74, 6) is 0.515. The van der Waals surface area contributed by atoms with E-state index in [0.29, 0.717) is 21.5 Å². The predicted molar refractivity (Wildman–Crippen MR) is 75.4 cm³/mol. The second-order valence-electron chi connectivity index (χ2n) is 3.78. The maximum atomic E-state index is 10.1. The van der Waals surface area contributed by atoms with Crippen LogP contribution in [-0.4, -0.2) is 20.6 Å². The molecule has 0 saturated carbocycles. The molecule has 0 amide bonds. The lowest BCUT2D eigenvalue weighted by Crippen LogP contribution is -2.07. The van der Waals surface area contributed by atoms with E-state index in [4.69, 9.17) is 23.2 Å². The third-order valence-electron chi connectivity index (χ3n) is 2.47. The van der Waals surface area contributed by atoms with Crippen molar-refractivity contribution in [2.24, 2.45) is 7.05 Å². The zero-order valence-corrected chi connectivity index (χ0v) is 12.0. The Morgan fingerprint density at radius 1 is 1.33 bits per heavy atom. The summed E-state index contributed by atoms with van der Waals surface area (Å²) in [4.78, 5) is 1.05. The van der Waals surface area contributed by atoms with E-state index < -0.39 is 6.10 Å². The van der Waals surface area contributed by atoms with Gasteiger partial charge in [-0.3, -0.25) is 4.68 Å². The molecular weight excluding hydrogens is 291 g/mol. The summed E-state index contributed by atoms with van der Waals surface area (Å²) in [6.07, 6.45) is 0.887. The molecule has 18 heavy (non-hydrogen) atoms.